The van der Waals surface area contributed by atoms with Gasteiger partial charge in [0.15, 0.2) is 23.1 Å². The molecule has 0 saturated heterocycles. The lowest BCUT2D eigenvalue weighted by Crippen LogP contribution is -2.42. The molecule has 0 aliphatic heterocycles. The number of anilines is 1. The molecule has 0 radical (unpaired) electrons. The lowest BCUT2D eigenvalue weighted by Gasteiger charge is -2.38. The molecule has 0 fully saturated rings. The topological polar surface area (TPSA) is 108 Å². The van der Waals surface area contributed by atoms with Crippen molar-refractivity contribution in [2.75, 3.05) is 11.9 Å². The number of thiophene rings is 1. The van der Waals surface area contributed by atoms with E-state index in [0.717, 1.165) is 21.7 Å². The Morgan fingerprint density at radius 3 is 2.07 bits per heavy atom. The summed E-state index contributed by atoms with van der Waals surface area (Å²) in [5.74, 6) is -0.990. The van der Waals surface area contributed by atoms with E-state index in [1.54, 1.807) is 13.1 Å². The highest BCUT2D eigenvalue weighted by atomic mass is 35.5. The van der Waals surface area contributed by atoms with E-state index in [0.29, 0.717) is 21.6 Å². The van der Waals surface area contributed by atoms with Gasteiger partial charge in [0.25, 0.3) is 0 Å². The molecule has 57 heavy (non-hydrogen) atoms. The van der Waals surface area contributed by atoms with Crippen LogP contribution in [0.5, 0.6) is 0 Å². The Morgan fingerprint density at radius 1 is 0.860 bits per heavy atom. The molecule has 0 spiro atoms. The van der Waals surface area contributed by atoms with Crippen LogP contribution >= 0.6 is 34.3 Å². The Balaban J connectivity index is 1.40. The zero-order chi connectivity index (χ0) is 39.6. The minimum Gasteiger partial charge on any atom is -0.466 e. The number of hydrogen-bond donors (Lipinski definition) is 1. The van der Waals surface area contributed by atoms with Gasteiger partial charge in [-0.25, -0.2) is 29.3 Å². The average Bonchev–Trinajstić information content (AvgIpc) is 4.04. The highest BCUT2D eigenvalue weighted by molar-refractivity contribution is 7.13. The number of ether oxygens (including phenoxy) is 1. The minimum absolute atomic E-state index is 0.0678. The van der Waals surface area contributed by atoms with Crippen molar-refractivity contribution >= 4 is 57.2 Å². The van der Waals surface area contributed by atoms with E-state index >= 15 is 4.39 Å². The number of rotatable bonds is 13. The number of nitrogens with zero attached hydrogens (tertiary/aromatic N) is 6. The maximum absolute atomic E-state index is 17.0. The number of halogens is 2. The summed E-state index contributed by atoms with van der Waals surface area (Å²) in [6.07, 6.45) is 5.09. The Kier molecular flexibility index (Phi) is 10.7. The Labute approximate surface area is 342 Å². The van der Waals surface area contributed by atoms with Crippen molar-refractivity contribution in [1.82, 2.24) is 29.5 Å². The summed E-state index contributed by atoms with van der Waals surface area (Å²) in [5.41, 5.74) is 2.71. The molecule has 286 valence electrons. The monoisotopic (exact) mass is 813 g/mol. The fraction of sp³-hybridized carbons (Fsp3) is 0.182. The zero-order valence-electron chi connectivity index (χ0n) is 31.3. The first-order valence-corrected chi connectivity index (χ1v) is 20.5. The summed E-state index contributed by atoms with van der Waals surface area (Å²) in [6, 6.07) is 33.6. The predicted octanol–water partition coefficient (Wildman–Crippen LogP) is 10.4. The van der Waals surface area contributed by atoms with Crippen molar-refractivity contribution < 1.29 is 13.9 Å². The Morgan fingerprint density at radius 2 is 1.51 bits per heavy atom. The Bertz CT molecular complexity index is 2530. The lowest BCUT2D eigenvalue weighted by atomic mass is 9.76. The van der Waals surface area contributed by atoms with Crippen molar-refractivity contribution in [2.45, 2.75) is 44.2 Å². The number of fused-ring (bicyclic) bond motifs is 1. The third kappa shape index (κ3) is 7.09. The molecule has 0 aliphatic rings. The van der Waals surface area contributed by atoms with Crippen molar-refractivity contribution in [3.8, 4) is 22.0 Å². The van der Waals surface area contributed by atoms with Gasteiger partial charge >= 0.3 is 5.97 Å². The molecule has 5 aromatic heterocycles. The number of benzene rings is 3. The first kappa shape index (κ1) is 38.1. The first-order valence-electron chi connectivity index (χ1n) is 18.4. The predicted molar refractivity (Wildman–Crippen MR) is 225 cm³/mol. The molecular weight excluding hydrogens is 777 g/mol. The van der Waals surface area contributed by atoms with Crippen molar-refractivity contribution in [3.63, 3.8) is 0 Å². The molecule has 8 rings (SSSR count). The van der Waals surface area contributed by atoms with Crippen molar-refractivity contribution in [1.29, 1.82) is 0 Å². The molecular formula is C44H37ClFN7O2S2. The zero-order valence-corrected chi connectivity index (χ0v) is 33.7. The maximum atomic E-state index is 17.0. The van der Waals surface area contributed by atoms with Gasteiger partial charge in [-0.15, -0.1) is 22.7 Å². The van der Waals surface area contributed by atoms with Crippen LogP contribution in [0.25, 0.3) is 33.1 Å². The van der Waals surface area contributed by atoms with Crippen LogP contribution in [0.15, 0.2) is 132 Å². The van der Waals surface area contributed by atoms with Crippen LogP contribution in [-0.2, 0) is 20.5 Å². The van der Waals surface area contributed by atoms with Crippen LogP contribution < -0.4 is 5.32 Å². The van der Waals surface area contributed by atoms with Gasteiger partial charge in [0.05, 0.1) is 29.7 Å². The van der Waals surface area contributed by atoms with Gasteiger partial charge in [0.2, 0.25) is 0 Å². The number of hydrogen-bond acceptors (Lipinski definition) is 10. The SMILES string of the molecule is CCOC(=O)CC(Nc1nc(-c2cn(C(c3ccccc3)(c3ccccc3)c3ccccc3)c3ncc(Cl)nc23)nc(-c2cccs2)c1F)C(C)(C)c1nccs1. The van der Waals surface area contributed by atoms with E-state index in [9.17, 15) is 4.79 Å². The van der Waals surface area contributed by atoms with E-state index in [1.165, 1.54) is 28.9 Å². The number of aromatic nitrogens is 6. The molecule has 9 nitrogen and oxygen atoms in total. The summed E-state index contributed by atoms with van der Waals surface area (Å²) in [4.78, 5) is 37.8. The lowest BCUT2D eigenvalue weighted by molar-refractivity contribution is -0.143. The standard InChI is InChI=1S/C44H37ClFN7O2S2/c1-4-55-35(54)25-33(43(2,3)42-47-22-24-57-42)49-40-36(46)38(32-21-14-23-56-32)51-39(52-40)31-27-53(41-37(31)50-34(45)26-48-41)44(28-15-8-5-9-16-28,29-17-10-6-11-18-29)30-19-12-7-13-20-30/h5-24,26-27,33H,4,25H2,1-3H3,(H,49,51,52). The van der Waals surface area contributed by atoms with E-state index in [1.807, 2.05) is 97.5 Å². The fourth-order valence-electron chi connectivity index (χ4n) is 7.31. The number of carbonyl (C=O) groups is 1. The van der Waals surface area contributed by atoms with Crippen LogP contribution in [0, 0.1) is 5.82 Å². The summed E-state index contributed by atoms with van der Waals surface area (Å²) < 4.78 is 24.4. The molecule has 1 atom stereocenters. The molecule has 3 aromatic carbocycles. The molecule has 8 aromatic rings. The van der Waals surface area contributed by atoms with Gasteiger partial charge in [0, 0.05) is 29.2 Å². The van der Waals surface area contributed by atoms with E-state index < -0.39 is 28.8 Å². The molecule has 5 heterocycles. The van der Waals surface area contributed by atoms with Crippen molar-refractivity contribution in [3.05, 3.63) is 165 Å². The van der Waals surface area contributed by atoms with E-state index in [-0.39, 0.29) is 35.5 Å². The summed E-state index contributed by atoms with van der Waals surface area (Å²) in [6.45, 7) is 5.89. The van der Waals surface area contributed by atoms with Crippen LogP contribution in [0.3, 0.4) is 0 Å². The third-order valence-electron chi connectivity index (χ3n) is 10.1. The number of esters is 1. The summed E-state index contributed by atoms with van der Waals surface area (Å²) >= 11 is 9.43. The maximum Gasteiger partial charge on any atom is 0.307 e. The van der Waals surface area contributed by atoms with Crippen LogP contribution in [0.2, 0.25) is 5.15 Å². The normalized spacial score (nSPS) is 12.4. The van der Waals surface area contributed by atoms with Crippen molar-refractivity contribution in [2.24, 2.45) is 0 Å². The molecule has 1 N–H and O–H groups in total. The molecule has 0 amide bonds. The third-order valence-corrected chi connectivity index (χ3v) is 12.3. The summed E-state index contributed by atoms with van der Waals surface area (Å²) in [5, 5.41) is 8.01. The first-order chi connectivity index (χ1) is 27.7. The number of thiazole rings is 1. The quantitative estimate of drug-likeness (QED) is 0.0906. The van der Waals surface area contributed by atoms with E-state index in [4.69, 9.17) is 36.3 Å². The van der Waals surface area contributed by atoms with Crippen LogP contribution in [0.4, 0.5) is 10.2 Å². The molecule has 0 aliphatic carbocycles. The van der Waals surface area contributed by atoms with Gasteiger partial charge in [0.1, 0.15) is 26.9 Å². The van der Waals surface area contributed by atoms with Crippen LogP contribution in [0.1, 0.15) is 48.9 Å². The highest BCUT2D eigenvalue weighted by Gasteiger charge is 2.41. The van der Waals surface area contributed by atoms with Gasteiger partial charge in [-0.3, -0.25) is 4.79 Å². The minimum atomic E-state index is -0.969. The molecule has 0 saturated carbocycles. The van der Waals surface area contributed by atoms with Gasteiger partial charge in [-0.2, -0.15) is 0 Å². The van der Waals surface area contributed by atoms with E-state index in [2.05, 4.69) is 51.3 Å². The second kappa shape index (κ2) is 16.0. The molecule has 1 unspecified atom stereocenters. The van der Waals surface area contributed by atoms with Gasteiger partial charge in [-0.1, -0.05) is 123 Å². The summed E-state index contributed by atoms with van der Waals surface area (Å²) in [7, 11) is 0. The molecule has 0 bridgehead atoms. The second-order valence-corrected chi connectivity index (χ2v) is 16.1. The largest absolute Gasteiger partial charge is 0.466 e. The van der Waals surface area contributed by atoms with Gasteiger partial charge in [-0.05, 0) is 35.1 Å². The average molecular weight is 814 g/mol. The Hall–Kier alpha value is -5.82. The fourth-order valence-corrected chi connectivity index (χ4v) is 8.97. The second-order valence-electron chi connectivity index (χ2n) is 13.9. The smallest absolute Gasteiger partial charge is 0.307 e. The highest BCUT2D eigenvalue weighted by Crippen LogP contribution is 2.45. The number of nitrogens with one attached hydrogen (secondary N) is 1. The molecule has 13 heteroatoms. The van der Waals surface area contributed by atoms with Crippen LogP contribution in [-0.4, -0.2) is 48.1 Å². The van der Waals surface area contributed by atoms with Gasteiger partial charge < -0.3 is 14.6 Å². The number of carbonyl (C=O) groups excluding carboxylic acids is 1.